The molecule has 0 atom stereocenters. The Morgan fingerprint density at radius 2 is 1.60 bits per heavy atom. The van der Waals surface area contributed by atoms with Crippen molar-refractivity contribution in [3.05, 3.63) is 5.21 Å². The van der Waals surface area contributed by atoms with Gasteiger partial charge in [0.15, 0.2) is 11.6 Å². The summed E-state index contributed by atoms with van der Waals surface area (Å²) in [6.45, 7) is 0. The van der Waals surface area contributed by atoms with Gasteiger partial charge in [0, 0.05) is 19.3 Å². The van der Waals surface area contributed by atoms with E-state index in [2.05, 4.69) is 0 Å². The van der Waals surface area contributed by atoms with Crippen LogP contribution in [0.15, 0.2) is 0 Å². The van der Waals surface area contributed by atoms with Crippen LogP contribution in [-0.4, -0.2) is 16.5 Å². The lowest BCUT2D eigenvalue weighted by Gasteiger charge is -2.53. The van der Waals surface area contributed by atoms with Crippen LogP contribution in [0.2, 0.25) is 0 Å². The van der Waals surface area contributed by atoms with Crippen LogP contribution in [0.4, 0.5) is 0 Å². The third-order valence-electron chi connectivity index (χ3n) is 4.65. The van der Waals surface area contributed by atoms with E-state index in [-0.39, 0.29) is 5.54 Å². The number of rotatable bonds is 1. The number of hydrogen-bond donors (Lipinski definition) is 0. The summed E-state index contributed by atoms with van der Waals surface area (Å²) >= 11 is 0. The lowest BCUT2D eigenvalue weighted by atomic mass is 9.53. The predicted octanol–water partition coefficient (Wildman–Crippen LogP) is 2.06. The maximum Gasteiger partial charge on any atom is 0.253 e. The molecule has 0 heterocycles. The summed E-state index contributed by atoms with van der Waals surface area (Å²) in [5, 5.41) is 20.5. The van der Waals surface area contributed by atoms with Gasteiger partial charge >= 0.3 is 0 Å². The lowest BCUT2D eigenvalue weighted by Crippen LogP contribution is -2.55. The molecule has 4 aliphatic carbocycles. The lowest BCUT2D eigenvalue weighted by molar-refractivity contribution is -0.565. The van der Waals surface area contributed by atoms with Gasteiger partial charge in [-0.3, -0.25) is 0 Å². The van der Waals surface area contributed by atoms with Crippen molar-refractivity contribution in [3.63, 3.8) is 0 Å². The first-order valence-electron chi connectivity index (χ1n) is 5.91. The van der Waals surface area contributed by atoms with Crippen LogP contribution in [0, 0.1) is 34.3 Å². The second kappa shape index (κ2) is 2.98. The van der Waals surface area contributed by atoms with E-state index in [9.17, 15) is 5.21 Å². The first kappa shape index (κ1) is 9.21. The third-order valence-corrected chi connectivity index (χ3v) is 4.65. The van der Waals surface area contributed by atoms with Crippen LogP contribution in [0.25, 0.3) is 0 Å². The zero-order valence-electron chi connectivity index (χ0n) is 8.85. The van der Waals surface area contributed by atoms with Gasteiger partial charge in [-0.25, -0.2) is 0 Å². The molecule has 15 heavy (non-hydrogen) atoms. The zero-order chi connectivity index (χ0) is 10.5. The molecule has 0 N–H and O–H groups in total. The van der Waals surface area contributed by atoms with Gasteiger partial charge in [-0.15, -0.1) is 0 Å². The van der Waals surface area contributed by atoms with Crippen molar-refractivity contribution < 1.29 is 4.74 Å². The second-order valence-electron chi connectivity index (χ2n) is 5.73. The summed E-state index contributed by atoms with van der Waals surface area (Å²) < 4.78 is 0.984. The van der Waals surface area contributed by atoms with Gasteiger partial charge in [-0.2, -0.15) is 10.0 Å². The van der Waals surface area contributed by atoms with Crippen LogP contribution < -0.4 is 0 Å². The smallest absolute Gasteiger partial charge is 0.253 e. The fraction of sp³-hybridized carbons (Fsp3) is 0.833. The van der Waals surface area contributed by atoms with Gasteiger partial charge < -0.3 is 5.21 Å². The van der Waals surface area contributed by atoms with E-state index in [1.54, 1.807) is 0 Å². The van der Waals surface area contributed by atoms with Crippen molar-refractivity contribution in [2.45, 2.75) is 44.1 Å². The standard InChI is InChI=1S/C12H16N2O/c13-1-2-14(15)12-6-9-3-10(7-12)5-11(4-9)8-12/h2,9-11H,3-8H2/b14-2-. The molecule has 0 aliphatic heterocycles. The van der Waals surface area contributed by atoms with Crippen LogP contribution in [0.5, 0.6) is 0 Å². The fourth-order valence-corrected chi connectivity index (χ4v) is 4.52. The van der Waals surface area contributed by atoms with Gasteiger partial charge in [0.1, 0.15) is 0 Å². The maximum atomic E-state index is 11.9. The van der Waals surface area contributed by atoms with Gasteiger partial charge in [-0.1, -0.05) is 0 Å². The summed E-state index contributed by atoms with van der Waals surface area (Å²) in [7, 11) is 0. The Morgan fingerprint density at radius 1 is 1.13 bits per heavy atom. The largest absolute Gasteiger partial charge is 0.623 e. The third kappa shape index (κ3) is 1.27. The molecule has 0 aromatic rings. The summed E-state index contributed by atoms with van der Waals surface area (Å²) in [6, 6.07) is 1.88. The van der Waals surface area contributed by atoms with E-state index in [0.717, 1.165) is 41.8 Å². The Hall–Kier alpha value is -1.04. The van der Waals surface area contributed by atoms with Crippen molar-refractivity contribution in [2.24, 2.45) is 17.8 Å². The predicted molar refractivity (Wildman–Crippen MR) is 56.2 cm³/mol. The van der Waals surface area contributed by atoms with Crippen LogP contribution in [0.3, 0.4) is 0 Å². The van der Waals surface area contributed by atoms with Gasteiger partial charge in [0.2, 0.25) is 0 Å². The van der Waals surface area contributed by atoms with Crippen molar-refractivity contribution in [3.8, 4) is 6.07 Å². The van der Waals surface area contributed by atoms with Crippen LogP contribution >= 0.6 is 0 Å². The topological polar surface area (TPSA) is 49.9 Å². The minimum absolute atomic E-state index is 0.190. The van der Waals surface area contributed by atoms with Crippen molar-refractivity contribution >= 4 is 6.21 Å². The first-order chi connectivity index (χ1) is 7.22. The molecule has 3 nitrogen and oxygen atoms in total. The molecule has 0 radical (unpaired) electrons. The normalized spacial score (nSPS) is 47.9. The zero-order valence-corrected chi connectivity index (χ0v) is 8.85. The molecule has 3 heteroatoms. The van der Waals surface area contributed by atoms with Gasteiger partial charge in [0.25, 0.3) is 6.21 Å². The highest BCUT2D eigenvalue weighted by molar-refractivity contribution is 5.70. The first-order valence-corrected chi connectivity index (χ1v) is 5.91. The monoisotopic (exact) mass is 204 g/mol. The minimum Gasteiger partial charge on any atom is -0.623 e. The van der Waals surface area contributed by atoms with Crippen molar-refractivity contribution in [2.75, 3.05) is 0 Å². The van der Waals surface area contributed by atoms with E-state index in [1.807, 2.05) is 6.07 Å². The number of nitrogens with zero attached hydrogens (tertiary/aromatic N) is 2. The molecule has 0 saturated heterocycles. The van der Waals surface area contributed by atoms with E-state index in [1.165, 1.54) is 25.5 Å². The van der Waals surface area contributed by atoms with Crippen molar-refractivity contribution in [1.29, 1.82) is 5.26 Å². The molecule has 4 rings (SSSR count). The highest BCUT2D eigenvalue weighted by Gasteiger charge is 2.56. The quantitative estimate of drug-likeness (QED) is 0.284. The van der Waals surface area contributed by atoms with E-state index in [0.29, 0.717) is 0 Å². The average molecular weight is 204 g/mol. The highest BCUT2D eigenvalue weighted by Crippen LogP contribution is 2.56. The summed E-state index contributed by atoms with van der Waals surface area (Å²) in [5.41, 5.74) is -0.190. The molecule has 0 unspecified atom stereocenters. The molecule has 0 amide bonds. The highest BCUT2D eigenvalue weighted by atomic mass is 16.5. The van der Waals surface area contributed by atoms with Crippen molar-refractivity contribution in [1.82, 2.24) is 0 Å². The Bertz CT molecular complexity index is 318. The molecule has 4 fully saturated rings. The van der Waals surface area contributed by atoms with Crippen LogP contribution in [0.1, 0.15) is 38.5 Å². The fourth-order valence-electron chi connectivity index (χ4n) is 4.52. The number of hydrogen-bond acceptors (Lipinski definition) is 2. The average Bonchev–Trinajstić information content (AvgIpc) is 2.15. The second-order valence-corrected chi connectivity index (χ2v) is 5.73. The molecule has 0 aromatic heterocycles. The SMILES string of the molecule is N#C/C=[N+](\[O-])C12CC3CC(CC(C3)C1)C2. The van der Waals surface area contributed by atoms with Gasteiger partial charge in [0.05, 0.1) is 0 Å². The molecule has 4 aliphatic rings. The summed E-state index contributed by atoms with van der Waals surface area (Å²) in [4.78, 5) is 0. The molecule has 0 aromatic carbocycles. The Labute approximate surface area is 90.0 Å². The maximum absolute atomic E-state index is 11.9. The number of nitriles is 1. The van der Waals surface area contributed by atoms with E-state index in [4.69, 9.17) is 5.26 Å². The molecular weight excluding hydrogens is 188 g/mol. The molecular formula is C12H16N2O. The molecule has 4 bridgehead atoms. The van der Waals surface area contributed by atoms with E-state index >= 15 is 0 Å². The van der Waals surface area contributed by atoms with Gasteiger partial charge in [-0.05, 0) is 37.0 Å². The minimum atomic E-state index is -0.190. The molecule has 4 saturated carbocycles. The summed E-state index contributed by atoms with van der Waals surface area (Å²) in [6.07, 6.45) is 8.26. The Morgan fingerprint density at radius 3 is 2.00 bits per heavy atom. The van der Waals surface area contributed by atoms with Crippen LogP contribution in [-0.2, 0) is 0 Å². The Kier molecular flexibility index (Phi) is 1.83. The summed E-state index contributed by atoms with van der Waals surface area (Å²) in [5.74, 6) is 2.29. The molecule has 80 valence electrons. The molecule has 0 spiro atoms. The Balaban J connectivity index is 1.94. The number of hydroxylamine groups is 1. The van der Waals surface area contributed by atoms with E-state index < -0.39 is 0 Å².